The molecule has 1 saturated carbocycles. The van der Waals surface area contributed by atoms with E-state index in [2.05, 4.69) is 17.4 Å². The second kappa shape index (κ2) is 5.87. The molecule has 0 radical (unpaired) electrons. The maximum atomic E-state index is 10.6. The number of nitrogens with one attached hydrogen (secondary N) is 1. The summed E-state index contributed by atoms with van der Waals surface area (Å²) < 4.78 is 5.14. The molecule has 4 nitrogen and oxygen atoms in total. The molecule has 1 aromatic carbocycles. The molecular formula is C14H20N2O2. The number of methoxy groups -OCH3 is 1. The fourth-order valence-electron chi connectivity index (χ4n) is 2.33. The summed E-state index contributed by atoms with van der Waals surface area (Å²) in [6.45, 7) is 0.690. The Hall–Kier alpha value is -1.55. The Morgan fingerprint density at radius 3 is 2.61 bits per heavy atom. The van der Waals surface area contributed by atoms with Gasteiger partial charge in [-0.2, -0.15) is 0 Å². The Kier molecular flexibility index (Phi) is 4.20. The van der Waals surface area contributed by atoms with Crippen molar-refractivity contribution >= 4 is 5.91 Å². The van der Waals surface area contributed by atoms with E-state index in [1.165, 1.54) is 5.56 Å². The summed E-state index contributed by atoms with van der Waals surface area (Å²) in [5.74, 6) is 1.28. The van der Waals surface area contributed by atoms with Crippen LogP contribution < -0.4 is 15.8 Å². The van der Waals surface area contributed by atoms with Gasteiger partial charge in [0.05, 0.1) is 7.11 Å². The van der Waals surface area contributed by atoms with Gasteiger partial charge in [0.1, 0.15) is 5.75 Å². The largest absolute Gasteiger partial charge is 0.497 e. The van der Waals surface area contributed by atoms with Crippen molar-refractivity contribution in [2.75, 3.05) is 13.7 Å². The van der Waals surface area contributed by atoms with Crippen LogP contribution in [0.15, 0.2) is 24.3 Å². The zero-order valence-electron chi connectivity index (χ0n) is 10.7. The third kappa shape index (κ3) is 3.23. The number of hydrogen-bond acceptors (Lipinski definition) is 3. The summed E-state index contributed by atoms with van der Waals surface area (Å²) in [5.41, 5.74) is 6.46. The quantitative estimate of drug-likeness (QED) is 0.800. The summed E-state index contributed by atoms with van der Waals surface area (Å²) in [4.78, 5) is 10.6. The van der Waals surface area contributed by atoms with Crippen LogP contribution in [0, 0.1) is 0 Å². The molecule has 0 aromatic heterocycles. The van der Waals surface area contributed by atoms with Gasteiger partial charge in [0.25, 0.3) is 0 Å². The van der Waals surface area contributed by atoms with Gasteiger partial charge in [0, 0.05) is 19.0 Å². The number of primary amides is 1. The molecule has 0 bridgehead atoms. The average molecular weight is 248 g/mol. The van der Waals surface area contributed by atoms with Gasteiger partial charge in [-0.05, 0) is 36.5 Å². The van der Waals surface area contributed by atoms with E-state index < -0.39 is 0 Å². The number of carbonyl (C=O) groups is 1. The molecule has 1 aliphatic rings. The van der Waals surface area contributed by atoms with E-state index in [0.717, 1.165) is 18.6 Å². The third-order valence-electron chi connectivity index (χ3n) is 3.53. The van der Waals surface area contributed by atoms with Crippen LogP contribution in [0.2, 0.25) is 0 Å². The van der Waals surface area contributed by atoms with E-state index in [9.17, 15) is 4.79 Å². The Morgan fingerprint density at radius 2 is 2.06 bits per heavy atom. The van der Waals surface area contributed by atoms with Crippen molar-refractivity contribution in [2.45, 2.75) is 31.2 Å². The molecule has 0 unspecified atom stereocenters. The lowest BCUT2D eigenvalue weighted by molar-refractivity contribution is -0.117. The normalized spacial score (nSPS) is 22.3. The van der Waals surface area contributed by atoms with Crippen LogP contribution in [0.5, 0.6) is 5.75 Å². The van der Waals surface area contributed by atoms with Crippen LogP contribution >= 0.6 is 0 Å². The van der Waals surface area contributed by atoms with Gasteiger partial charge in [-0.25, -0.2) is 0 Å². The van der Waals surface area contributed by atoms with Crippen LogP contribution in [-0.4, -0.2) is 25.6 Å². The van der Waals surface area contributed by atoms with Crippen molar-refractivity contribution in [3.05, 3.63) is 29.8 Å². The molecule has 0 aliphatic heterocycles. The number of benzene rings is 1. The molecular weight excluding hydrogens is 228 g/mol. The minimum atomic E-state index is -0.242. The molecule has 1 aliphatic carbocycles. The van der Waals surface area contributed by atoms with Crippen LogP contribution in [0.25, 0.3) is 0 Å². The van der Waals surface area contributed by atoms with Crippen LogP contribution in [0.3, 0.4) is 0 Å². The van der Waals surface area contributed by atoms with Gasteiger partial charge in [0.2, 0.25) is 5.91 Å². The highest BCUT2D eigenvalue weighted by atomic mass is 16.5. The standard InChI is InChI=1S/C14H20N2O2/c1-18-13-4-2-10(3-5-13)11-8-12(9-11)16-7-6-14(15)17/h2-5,11-12,16H,6-9H2,1H3,(H2,15,17). The van der Waals surface area contributed by atoms with Crippen molar-refractivity contribution < 1.29 is 9.53 Å². The van der Waals surface area contributed by atoms with Gasteiger partial charge >= 0.3 is 0 Å². The summed E-state index contributed by atoms with van der Waals surface area (Å²) >= 11 is 0. The number of ether oxygens (including phenoxy) is 1. The highest BCUT2D eigenvalue weighted by molar-refractivity contribution is 5.73. The van der Waals surface area contributed by atoms with Gasteiger partial charge in [0.15, 0.2) is 0 Å². The van der Waals surface area contributed by atoms with Crippen molar-refractivity contribution in [3.63, 3.8) is 0 Å². The zero-order valence-corrected chi connectivity index (χ0v) is 10.7. The van der Waals surface area contributed by atoms with E-state index in [4.69, 9.17) is 10.5 Å². The summed E-state index contributed by atoms with van der Waals surface area (Å²) in [5, 5.41) is 3.35. The van der Waals surface area contributed by atoms with E-state index in [0.29, 0.717) is 24.9 Å². The molecule has 4 heteroatoms. The van der Waals surface area contributed by atoms with Crippen molar-refractivity contribution in [1.29, 1.82) is 0 Å². The molecule has 1 aromatic rings. The number of nitrogens with two attached hydrogens (primary N) is 1. The molecule has 0 saturated heterocycles. The molecule has 3 N–H and O–H groups in total. The lowest BCUT2D eigenvalue weighted by atomic mass is 9.76. The first-order chi connectivity index (χ1) is 8.69. The molecule has 18 heavy (non-hydrogen) atoms. The first-order valence-corrected chi connectivity index (χ1v) is 6.34. The van der Waals surface area contributed by atoms with E-state index in [1.807, 2.05) is 12.1 Å². The average Bonchev–Trinajstić information content (AvgIpc) is 2.32. The Balaban J connectivity index is 1.73. The molecule has 0 atom stereocenters. The number of carbonyl (C=O) groups excluding carboxylic acids is 1. The van der Waals surface area contributed by atoms with Crippen LogP contribution in [0.1, 0.15) is 30.7 Å². The van der Waals surface area contributed by atoms with Crippen molar-refractivity contribution in [2.24, 2.45) is 5.73 Å². The number of rotatable bonds is 6. The van der Waals surface area contributed by atoms with Crippen LogP contribution in [0.4, 0.5) is 0 Å². The molecule has 1 amide bonds. The van der Waals surface area contributed by atoms with Gasteiger partial charge < -0.3 is 15.8 Å². The van der Waals surface area contributed by atoms with E-state index >= 15 is 0 Å². The zero-order chi connectivity index (χ0) is 13.0. The molecule has 0 spiro atoms. The first-order valence-electron chi connectivity index (χ1n) is 6.34. The lowest BCUT2D eigenvalue weighted by Gasteiger charge is -2.36. The summed E-state index contributed by atoms with van der Waals surface area (Å²) in [6, 6.07) is 8.79. The highest BCUT2D eigenvalue weighted by Crippen LogP contribution is 2.37. The molecule has 1 fully saturated rings. The fraction of sp³-hybridized carbons (Fsp3) is 0.500. The Labute approximate surface area is 108 Å². The van der Waals surface area contributed by atoms with Gasteiger partial charge in [-0.15, -0.1) is 0 Å². The predicted molar refractivity (Wildman–Crippen MR) is 70.6 cm³/mol. The monoisotopic (exact) mass is 248 g/mol. The topological polar surface area (TPSA) is 64.3 Å². The second-order valence-electron chi connectivity index (χ2n) is 4.81. The van der Waals surface area contributed by atoms with Crippen molar-refractivity contribution in [3.8, 4) is 5.75 Å². The highest BCUT2D eigenvalue weighted by Gasteiger charge is 2.29. The third-order valence-corrected chi connectivity index (χ3v) is 3.53. The van der Waals surface area contributed by atoms with E-state index in [1.54, 1.807) is 7.11 Å². The second-order valence-corrected chi connectivity index (χ2v) is 4.81. The fourth-order valence-corrected chi connectivity index (χ4v) is 2.33. The van der Waals surface area contributed by atoms with Gasteiger partial charge in [-0.3, -0.25) is 4.79 Å². The lowest BCUT2D eigenvalue weighted by Crippen LogP contribution is -2.41. The predicted octanol–water partition coefficient (Wildman–Crippen LogP) is 1.41. The number of hydrogen-bond donors (Lipinski definition) is 2. The molecule has 98 valence electrons. The summed E-state index contributed by atoms with van der Waals surface area (Å²) in [6.07, 6.45) is 2.68. The van der Waals surface area contributed by atoms with Crippen LogP contribution in [-0.2, 0) is 4.79 Å². The first kappa shape index (κ1) is 12.9. The molecule has 0 heterocycles. The maximum Gasteiger partial charge on any atom is 0.218 e. The van der Waals surface area contributed by atoms with Crippen molar-refractivity contribution in [1.82, 2.24) is 5.32 Å². The summed E-state index contributed by atoms with van der Waals surface area (Å²) in [7, 11) is 1.68. The Morgan fingerprint density at radius 1 is 1.39 bits per heavy atom. The minimum Gasteiger partial charge on any atom is -0.497 e. The smallest absolute Gasteiger partial charge is 0.218 e. The van der Waals surface area contributed by atoms with Gasteiger partial charge in [-0.1, -0.05) is 12.1 Å². The number of amides is 1. The van der Waals surface area contributed by atoms with E-state index in [-0.39, 0.29) is 5.91 Å². The maximum absolute atomic E-state index is 10.6. The minimum absolute atomic E-state index is 0.242. The Bertz CT molecular complexity index is 397. The molecule has 2 rings (SSSR count). The SMILES string of the molecule is COc1ccc(C2CC(NCCC(N)=O)C2)cc1.